The van der Waals surface area contributed by atoms with Crippen molar-refractivity contribution in [2.45, 2.75) is 37.8 Å². The number of rotatable bonds is 4. The third-order valence-electron chi connectivity index (χ3n) is 5.96. The molecule has 2 aliphatic heterocycles. The fraction of sp³-hybridized carbons (Fsp3) is 0.261. The van der Waals surface area contributed by atoms with Crippen LogP contribution in [0.25, 0.3) is 6.08 Å². The Morgan fingerprint density at radius 3 is 2.62 bits per heavy atom. The van der Waals surface area contributed by atoms with Crippen molar-refractivity contribution in [3.8, 4) is 5.75 Å². The highest BCUT2D eigenvalue weighted by Crippen LogP contribution is 2.25. The van der Waals surface area contributed by atoms with Crippen LogP contribution in [0.15, 0.2) is 54.4 Å². The molecular formula is C23H21F3N5O3+. The maximum absolute atomic E-state index is 12.9. The number of alkyl halides is 3. The fourth-order valence-electron chi connectivity index (χ4n) is 4.24. The third kappa shape index (κ3) is 4.72. The lowest BCUT2D eigenvalue weighted by atomic mass is 9.91. The molecule has 5 rings (SSSR count). The summed E-state index contributed by atoms with van der Waals surface area (Å²) in [6.45, 7) is 0.330. The molecule has 8 nitrogen and oxygen atoms in total. The summed E-state index contributed by atoms with van der Waals surface area (Å²) < 4.78 is 43.6. The van der Waals surface area contributed by atoms with Gasteiger partial charge in [0, 0.05) is 35.6 Å². The first kappa shape index (κ1) is 22.3. The zero-order valence-corrected chi connectivity index (χ0v) is 17.8. The van der Waals surface area contributed by atoms with E-state index in [0.717, 1.165) is 23.1 Å². The first-order valence-electron chi connectivity index (χ1n) is 10.7. The molecule has 0 spiro atoms. The van der Waals surface area contributed by atoms with Gasteiger partial charge in [-0.15, -0.1) is 13.2 Å². The van der Waals surface area contributed by atoms with Crippen molar-refractivity contribution in [1.29, 1.82) is 0 Å². The van der Waals surface area contributed by atoms with Gasteiger partial charge in [0.25, 0.3) is 5.91 Å². The highest BCUT2D eigenvalue weighted by Gasteiger charge is 2.33. The molecule has 1 amide bonds. The summed E-state index contributed by atoms with van der Waals surface area (Å²) in [4.78, 5) is 25.5. The van der Waals surface area contributed by atoms with E-state index in [0.29, 0.717) is 18.5 Å². The van der Waals surface area contributed by atoms with Crippen LogP contribution in [0.2, 0.25) is 0 Å². The van der Waals surface area contributed by atoms with Crippen molar-refractivity contribution in [2.75, 3.05) is 0 Å². The Morgan fingerprint density at radius 2 is 1.88 bits per heavy atom. The molecule has 3 aliphatic rings. The minimum atomic E-state index is -4.75. The number of fused-ring (bicyclic) bond motifs is 2. The molecule has 1 saturated heterocycles. The summed E-state index contributed by atoms with van der Waals surface area (Å²) >= 11 is 0. The lowest BCUT2D eigenvalue weighted by molar-refractivity contribution is -0.450. The van der Waals surface area contributed by atoms with Gasteiger partial charge in [-0.05, 0) is 36.6 Å². The molecule has 1 unspecified atom stereocenters. The number of benzene rings is 1. The second kappa shape index (κ2) is 8.67. The SMILES string of the molecule is O=C(C1=CCC2NNN[C@@H]2C1)n1cc2c(c1)C[N+](C(=O)/C=C/c1ccc(OC(F)(F)F)cc1)=C2. The monoisotopic (exact) mass is 472 g/mol. The van der Waals surface area contributed by atoms with Crippen LogP contribution in [0.5, 0.6) is 5.75 Å². The zero-order valence-electron chi connectivity index (χ0n) is 17.8. The number of nitrogens with zero attached hydrogens (tertiary/aromatic N) is 2. The van der Waals surface area contributed by atoms with Crippen LogP contribution in [0, 0.1) is 0 Å². The van der Waals surface area contributed by atoms with Gasteiger partial charge in [0.1, 0.15) is 5.75 Å². The maximum Gasteiger partial charge on any atom is 0.573 e. The van der Waals surface area contributed by atoms with Crippen LogP contribution in [-0.4, -0.2) is 45.6 Å². The molecule has 1 aromatic carbocycles. The Bertz CT molecular complexity index is 1230. The molecule has 2 atom stereocenters. The second-order valence-corrected chi connectivity index (χ2v) is 8.29. The third-order valence-corrected chi connectivity index (χ3v) is 5.96. The molecule has 11 heteroatoms. The van der Waals surface area contributed by atoms with Gasteiger partial charge in [-0.25, -0.2) is 15.6 Å². The number of halogens is 3. The molecule has 176 valence electrons. The summed E-state index contributed by atoms with van der Waals surface area (Å²) in [6, 6.07) is 5.64. The minimum absolute atomic E-state index is 0.0781. The van der Waals surface area contributed by atoms with Crippen LogP contribution >= 0.6 is 0 Å². The van der Waals surface area contributed by atoms with E-state index in [1.54, 1.807) is 23.2 Å². The average Bonchev–Trinajstić information content (AvgIpc) is 3.51. The predicted octanol–water partition coefficient (Wildman–Crippen LogP) is 2.28. The van der Waals surface area contributed by atoms with Gasteiger partial charge in [0.05, 0.1) is 11.6 Å². The number of hydrogen-bond donors (Lipinski definition) is 3. The summed E-state index contributed by atoms with van der Waals surface area (Å²) in [7, 11) is 0. The van der Waals surface area contributed by atoms with Crippen LogP contribution in [0.3, 0.4) is 0 Å². The molecule has 3 N–H and O–H groups in total. The Hall–Kier alpha value is -3.54. The van der Waals surface area contributed by atoms with Crippen LogP contribution in [-0.2, 0) is 11.3 Å². The van der Waals surface area contributed by atoms with Gasteiger partial charge in [0.15, 0.2) is 12.8 Å². The molecule has 1 fully saturated rings. The normalized spacial score (nSPS) is 21.7. The molecule has 0 bridgehead atoms. The fourth-order valence-corrected chi connectivity index (χ4v) is 4.24. The smallest absolute Gasteiger partial charge is 0.406 e. The van der Waals surface area contributed by atoms with Gasteiger partial charge >= 0.3 is 12.3 Å². The van der Waals surface area contributed by atoms with Crippen molar-refractivity contribution < 1.29 is 32.1 Å². The first-order valence-corrected chi connectivity index (χ1v) is 10.7. The van der Waals surface area contributed by atoms with Crippen molar-refractivity contribution in [1.82, 2.24) is 21.0 Å². The number of ether oxygens (including phenoxy) is 1. The second-order valence-electron chi connectivity index (χ2n) is 8.29. The highest BCUT2D eigenvalue weighted by molar-refractivity contribution is 5.98. The number of amides is 1. The molecule has 0 radical (unpaired) electrons. The van der Waals surface area contributed by atoms with E-state index in [4.69, 9.17) is 0 Å². The van der Waals surface area contributed by atoms with E-state index in [-0.39, 0.29) is 29.6 Å². The standard InChI is InChI=1S/C23H21F3N5O3/c24-23(25,26)34-18-5-1-14(2-6-18)3-8-21(32)30-10-16-12-31(13-17(16)11-30)22(33)15-4-7-19-20(9-15)28-29-27-19/h1-6,8,10,12-13,19-20,27-29H,7,9,11H2/q+1/b8-3+/t19?,20-/m1/s1. The number of aromatic nitrogens is 1. The summed E-state index contributed by atoms with van der Waals surface area (Å²) in [5.41, 5.74) is 12.1. The zero-order chi connectivity index (χ0) is 23.9. The number of hydrogen-bond acceptors (Lipinski definition) is 6. The van der Waals surface area contributed by atoms with Gasteiger partial charge in [0.2, 0.25) is 0 Å². The van der Waals surface area contributed by atoms with Crippen LogP contribution < -0.4 is 21.1 Å². The Balaban J connectivity index is 1.22. The van der Waals surface area contributed by atoms with Crippen LogP contribution in [0.4, 0.5) is 13.2 Å². The Labute approximate surface area is 192 Å². The van der Waals surface area contributed by atoms with Crippen molar-refractivity contribution >= 4 is 24.1 Å². The summed E-state index contributed by atoms with van der Waals surface area (Å²) in [6.07, 6.45) is 6.60. The number of carbonyl (C=O) groups is 2. The van der Waals surface area contributed by atoms with E-state index in [1.807, 2.05) is 6.08 Å². The first-order chi connectivity index (χ1) is 16.2. The molecule has 0 saturated carbocycles. The quantitative estimate of drug-likeness (QED) is 0.468. The van der Waals surface area contributed by atoms with Crippen molar-refractivity contribution in [3.63, 3.8) is 0 Å². The topological polar surface area (TPSA) is 87.4 Å². The van der Waals surface area contributed by atoms with E-state index in [1.165, 1.54) is 41.0 Å². The molecule has 34 heavy (non-hydrogen) atoms. The van der Waals surface area contributed by atoms with E-state index >= 15 is 0 Å². The van der Waals surface area contributed by atoms with Gasteiger partial charge in [-0.1, -0.05) is 18.2 Å². The minimum Gasteiger partial charge on any atom is -0.406 e. The van der Waals surface area contributed by atoms with Gasteiger partial charge < -0.3 is 4.74 Å². The lowest BCUT2D eigenvalue weighted by Crippen LogP contribution is -2.37. The van der Waals surface area contributed by atoms with Gasteiger partial charge in [-0.2, -0.15) is 10.1 Å². The molecular weight excluding hydrogens is 451 g/mol. The number of carbonyl (C=O) groups excluding carboxylic acids is 2. The van der Waals surface area contributed by atoms with Gasteiger partial charge in [-0.3, -0.25) is 9.36 Å². The molecule has 1 aliphatic carbocycles. The Kier molecular flexibility index (Phi) is 5.68. The number of nitrogens with one attached hydrogen (secondary N) is 3. The van der Waals surface area contributed by atoms with Crippen molar-refractivity contribution in [3.05, 3.63) is 71.1 Å². The highest BCUT2D eigenvalue weighted by atomic mass is 19.4. The van der Waals surface area contributed by atoms with E-state index < -0.39 is 6.36 Å². The van der Waals surface area contributed by atoms with Crippen LogP contribution in [0.1, 0.15) is 34.3 Å². The predicted molar refractivity (Wildman–Crippen MR) is 116 cm³/mol. The van der Waals surface area contributed by atoms with E-state index in [2.05, 4.69) is 21.1 Å². The molecule has 3 heterocycles. The van der Waals surface area contributed by atoms with Crippen molar-refractivity contribution in [2.24, 2.45) is 0 Å². The van der Waals surface area contributed by atoms with E-state index in [9.17, 15) is 22.8 Å². The number of hydrazine groups is 2. The Morgan fingerprint density at radius 1 is 1.12 bits per heavy atom. The maximum atomic E-state index is 12.9. The summed E-state index contributed by atoms with van der Waals surface area (Å²) in [5.74, 6) is -0.685. The molecule has 2 aromatic rings. The summed E-state index contributed by atoms with van der Waals surface area (Å²) in [5, 5.41) is 0. The lowest BCUT2D eigenvalue weighted by Gasteiger charge is -2.23. The average molecular weight is 472 g/mol. The largest absolute Gasteiger partial charge is 0.573 e. The molecule has 1 aromatic heterocycles.